The Kier molecular flexibility index (Phi) is 16.2. The summed E-state index contributed by atoms with van der Waals surface area (Å²) in [5.41, 5.74) is 1.30. The van der Waals surface area contributed by atoms with Crippen LogP contribution in [-0.2, 0) is 4.79 Å². The molecule has 1 unspecified atom stereocenters. The maximum atomic E-state index is 11.8. The number of rotatable bonds is 8. The highest BCUT2D eigenvalue weighted by molar-refractivity contribution is 5.86. The topological polar surface area (TPSA) is 47.6 Å². The van der Waals surface area contributed by atoms with Gasteiger partial charge in [0, 0.05) is 50.9 Å². The highest BCUT2D eigenvalue weighted by Crippen LogP contribution is 2.15. The predicted molar refractivity (Wildman–Crippen MR) is 118 cm³/mol. The maximum absolute atomic E-state index is 11.8. The number of carbonyl (C=O) groups is 1. The number of amides is 1. The minimum Gasteiger partial charge on any atom is -0.369 e. The van der Waals surface area contributed by atoms with Crippen molar-refractivity contribution in [3.05, 3.63) is 30.3 Å². The van der Waals surface area contributed by atoms with Gasteiger partial charge in [-0.15, -0.1) is 37.2 Å². The van der Waals surface area contributed by atoms with E-state index in [1.54, 1.807) is 0 Å². The Morgan fingerprint density at radius 1 is 1.08 bits per heavy atom. The second kappa shape index (κ2) is 15.3. The van der Waals surface area contributed by atoms with Gasteiger partial charge in [0.25, 0.3) is 0 Å². The first kappa shape index (κ1) is 27.5. The number of hydrogen-bond acceptors (Lipinski definition) is 4. The van der Waals surface area contributed by atoms with Crippen LogP contribution in [0.25, 0.3) is 0 Å². The van der Waals surface area contributed by atoms with Crippen LogP contribution in [0.2, 0.25) is 0 Å². The van der Waals surface area contributed by atoms with Gasteiger partial charge in [0.05, 0.1) is 0 Å². The van der Waals surface area contributed by atoms with Crippen molar-refractivity contribution >= 4 is 48.8 Å². The molecule has 1 fully saturated rings. The Morgan fingerprint density at radius 2 is 1.69 bits per heavy atom. The highest BCUT2D eigenvalue weighted by atomic mass is 35.5. The van der Waals surface area contributed by atoms with Crippen molar-refractivity contribution in [2.45, 2.75) is 25.8 Å². The number of carbonyl (C=O) groups excluding carboxylic acids is 1. The van der Waals surface area contributed by atoms with Crippen LogP contribution >= 0.6 is 37.2 Å². The van der Waals surface area contributed by atoms with Crippen molar-refractivity contribution in [3.8, 4) is 0 Å². The van der Waals surface area contributed by atoms with Gasteiger partial charge in [-0.1, -0.05) is 18.2 Å². The molecule has 1 amide bonds. The normalized spacial score (nSPS) is 15.1. The summed E-state index contributed by atoms with van der Waals surface area (Å²) < 4.78 is 0. The minimum absolute atomic E-state index is 0. The van der Waals surface area contributed by atoms with Crippen molar-refractivity contribution in [3.63, 3.8) is 0 Å². The molecule has 5 nitrogen and oxygen atoms in total. The van der Waals surface area contributed by atoms with E-state index in [0.717, 1.165) is 45.7 Å². The lowest BCUT2D eigenvalue weighted by Gasteiger charge is -2.37. The zero-order valence-corrected chi connectivity index (χ0v) is 18.1. The number of hydrogen-bond donors (Lipinski definition) is 2. The molecule has 1 atom stereocenters. The Morgan fingerprint density at radius 3 is 2.27 bits per heavy atom. The number of anilines is 1. The molecule has 1 aliphatic heterocycles. The van der Waals surface area contributed by atoms with Gasteiger partial charge in [0.15, 0.2) is 0 Å². The fourth-order valence-electron chi connectivity index (χ4n) is 3.03. The number of halogens is 3. The molecule has 0 spiro atoms. The van der Waals surface area contributed by atoms with Crippen LogP contribution in [0, 0.1) is 0 Å². The van der Waals surface area contributed by atoms with E-state index < -0.39 is 0 Å². The first-order chi connectivity index (χ1) is 11.2. The van der Waals surface area contributed by atoms with Crippen LogP contribution in [0.4, 0.5) is 5.69 Å². The van der Waals surface area contributed by atoms with Crippen molar-refractivity contribution in [1.82, 2.24) is 15.5 Å². The van der Waals surface area contributed by atoms with Gasteiger partial charge >= 0.3 is 0 Å². The van der Waals surface area contributed by atoms with Gasteiger partial charge in [-0.05, 0) is 39.1 Å². The van der Waals surface area contributed by atoms with Crippen LogP contribution in [0.5, 0.6) is 0 Å². The van der Waals surface area contributed by atoms with Gasteiger partial charge in [0.1, 0.15) is 0 Å². The lowest BCUT2D eigenvalue weighted by Crippen LogP contribution is -2.50. The zero-order chi connectivity index (χ0) is 16.5. The average molecular weight is 428 g/mol. The summed E-state index contributed by atoms with van der Waals surface area (Å²) in [6, 6.07) is 10.8. The van der Waals surface area contributed by atoms with Gasteiger partial charge in [-0.2, -0.15) is 0 Å². The Bertz CT molecular complexity index is 471. The maximum Gasteiger partial charge on any atom is 0.220 e. The quantitative estimate of drug-likeness (QED) is 0.626. The summed E-state index contributed by atoms with van der Waals surface area (Å²) in [7, 11) is 1.91. The molecular formula is C18H33Cl3N4O. The van der Waals surface area contributed by atoms with Crippen LogP contribution < -0.4 is 15.5 Å². The molecule has 152 valence electrons. The number of benzene rings is 1. The summed E-state index contributed by atoms with van der Waals surface area (Å²) in [5.74, 6) is 0.163. The molecular weight excluding hydrogens is 395 g/mol. The molecule has 0 aliphatic carbocycles. The van der Waals surface area contributed by atoms with Crippen LogP contribution in [-0.4, -0.2) is 63.2 Å². The smallest absolute Gasteiger partial charge is 0.220 e. The van der Waals surface area contributed by atoms with E-state index in [4.69, 9.17) is 0 Å². The largest absolute Gasteiger partial charge is 0.369 e. The lowest BCUT2D eigenvalue weighted by atomic mass is 10.2. The number of para-hydroxylation sites is 1. The van der Waals surface area contributed by atoms with E-state index in [-0.39, 0.29) is 49.2 Å². The minimum atomic E-state index is 0. The summed E-state index contributed by atoms with van der Waals surface area (Å²) in [6.07, 6.45) is 1.50. The summed E-state index contributed by atoms with van der Waals surface area (Å²) in [4.78, 5) is 16.7. The second-order valence-corrected chi connectivity index (χ2v) is 6.30. The Labute approximate surface area is 176 Å². The monoisotopic (exact) mass is 426 g/mol. The molecule has 0 radical (unpaired) electrons. The number of piperazine rings is 1. The SMILES string of the molecule is CNCCCC(=O)NC(C)CN1CCN(c2ccccc2)CC1.Cl.Cl.Cl. The standard InChI is InChI=1S/C18H30N4O.3ClH/c1-16(20-18(23)9-6-10-19-2)15-21-11-13-22(14-12-21)17-7-4-3-5-8-17;;;/h3-5,7-8,16,19H,6,9-15H2,1-2H3,(H,20,23);3*1H. The zero-order valence-electron chi connectivity index (χ0n) is 15.6. The second-order valence-electron chi connectivity index (χ2n) is 6.30. The Balaban J connectivity index is 0. The van der Waals surface area contributed by atoms with Crippen LogP contribution in [0.3, 0.4) is 0 Å². The van der Waals surface area contributed by atoms with E-state index in [9.17, 15) is 4.79 Å². The van der Waals surface area contributed by atoms with Gasteiger partial charge in [-0.25, -0.2) is 0 Å². The molecule has 0 saturated carbocycles. The van der Waals surface area contributed by atoms with Crippen molar-refractivity contribution in [2.75, 3.05) is 51.2 Å². The fraction of sp³-hybridized carbons (Fsp3) is 0.611. The third-order valence-corrected chi connectivity index (χ3v) is 4.26. The van der Waals surface area contributed by atoms with Crippen LogP contribution in [0.1, 0.15) is 19.8 Å². The highest BCUT2D eigenvalue weighted by Gasteiger charge is 2.19. The van der Waals surface area contributed by atoms with E-state index in [1.807, 2.05) is 7.05 Å². The molecule has 2 N–H and O–H groups in total. The van der Waals surface area contributed by atoms with Gasteiger partial charge < -0.3 is 15.5 Å². The summed E-state index contributed by atoms with van der Waals surface area (Å²) in [5, 5.41) is 6.17. The van der Waals surface area contributed by atoms with Gasteiger partial charge in [0.2, 0.25) is 5.91 Å². The van der Waals surface area contributed by atoms with E-state index in [2.05, 4.69) is 57.7 Å². The third-order valence-electron chi connectivity index (χ3n) is 4.26. The van der Waals surface area contributed by atoms with Crippen molar-refractivity contribution in [1.29, 1.82) is 0 Å². The molecule has 1 saturated heterocycles. The van der Waals surface area contributed by atoms with Crippen molar-refractivity contribution < 1.29 is 4.79 Å². The molecule has 0 bridgehead atoms. The third kappa shape index (κ3) is 9.83. The number of nitrogens with one attached hydrogen (secondary N) is 2. The van der Waals surface area contributed by atoms with Crippen molar-refractivity contribution in [2.24, 2.45) is 0 Å². The summed E-state index contributed by atoms with van der Waals surface area (Å²) in [6.45, 7) is 8.12. The van der Waals surface area contributed by atoms with E-state index in [0.29, 0.717) is 6.42 Å². The molecule has 8 heteroatoms. The number of nitrogens with zero attached hydrogens (tertiary/aromatic N) is 2. The Hall–Kier alpha value is -0.720. The molecule has 1 heterocycles. The first-order valence-electron chi connectivity index (χ1n) is 8.65. The predicted octanol–water partition coefficient (Wildman–Crippen LogP) is 2.58. The van der Waals surface area contributed by atoms with Crippen LogP contribution in [0.15, 0.2) is 30.3 Å². The average Bonchev–Trinajstić information content (AvgIpc) is 2.56. The molecule has 1 aromatic rings. The molecule has 0 aromatic heterocycles. The summed E-state index contributed by atoms with van der Waals surface area (Å²) >= 11 is 0. The van der Waals surface area contributed by atoms with E-state index in [1.165, 1.54) is 5.69 Å². The molecule has 1 aromatic carbocycles. The molecule has 1 aliphatic rings. The van der Waals surface area contributed by atoms with E-state index >= 15 is 0 Å². The molecule has 2 rings (SSSR count). The first-order valence-corrected chi connectivity index (χ1v) is 8.65. The van der Waals surface area contributed by atoms with Gasteiger partial charge in [-0.3, -0.25) is 9.69 Å². The lowest BCUT2D eigenvalue weighted by molar-refractivity contribution is -0.121. The fourth-order valence-corrected chi connectivity index (χ4v) is 3.03. The molecule has 26 heavy (non-hydrogen) atoms.